The van der Waals surface area contributed by atoms with Crippen LogP contribution >= 0.6 is 11.6 Å². The molecule has 2 fully saturated rings. The van der Waals surface area contributed by atoms with E-state index in [2.05, 4.69) is 57.3 Å². The van der Waals surface area contributed by atoms with Crippen LogP contribution < -0.4 is 10.2 Å². The number of carbonyl (C=O) groups excluding carboxylic acids is 1. The molecular weight excluding hydrogens is 396 g/mol. The van der Waals surface area contributed by atoms with Gasteiger partial charge in [0.1, 0.15) is 0 Å². The van der Waals surface area contributed by atoms with E-state index in [1.165, 1.54) is 16.8 Å². The average molecular weight is 427 g/mol. The van der Waals surface area contributed by atoms with Crippen molar-refractivity contribution in [2.45, 2.75) is 25.9 Å². The second-order valence-electron chi connectivity index (χ2n) is 8.47. The van der Waals surface area contributed by atoms with Crippen LogP contribution in [0.15, 0.2) is 48.5 Å². The quantitative estimate of drug-likeness (QED) is 0.770. The molecule has 2 saturated heterocycles. The molecule has 5 nitrogen and oxygen atoms in total. The van der Waals surface area contributed by atoms with E-state index >= 15 is 0 Å². The van der Waals surface area contributed by atoms with Gasteiger partial charge in [0.15, 0.2) is 0 Å². The van der Waals surface area contributed by atoms with Gasteiger partial charge in [0.25, 0.3) is 0 Å². The Kier molecular flexibility index (Phi) is 6.93. The van der Waals surface area contributed by atoms with E-state index in [1.807, 2.05) is 18.2 Å². The number of hydrogen-bond donors (Lipinski definition) is 1. The van der Waals surface area contributed by atoms with Crippen LogP contribution in [0.25, 0.3) is 0 Å². The summed E-state index contributed by atoms with van der Waals surface area (Å²) in [5.41, 5.74) is 3.78. The van der Waals surface area contributed by atoms with Gasteiger partial charge in [0, 0.05) is 62.6 Å². The van der Waals surface area contributed by atoms with E-state index in [-0.39, 0.29) is 11.9 Å². The van der Waals surface area contributed by atoms with Gasteiger partial charge in [-0.15, -0.1) is 0 Å². The summed E-state index contributed by atoms with van der Waals surface area (Å²) in [5, 5.41) is 4.02. The normalized spacial score (nSPS) is 20.5. The summed E-state index contributed by atoms with van der Waals surface area (Å²) in [4.78, 5) is 19.6. The van der Waals surface area contributed by atoms with Crippen molar-refractivity contribution in [3.8, 4) is 0 Å². The standard InChI is InChI=1S/C24H31ClN4O/c1-19-7-8-21(25)15-23(19)29-13-11-27(12-14-29)18-24(30)26-22-9-10-28(17-22)16-20-5-3-2-4-6-20/h2-8,15,22H,9-14,16-18H2,1H3,(H,26,30)/t22-/m0/s1. The Bertz CT molecular complexity index is 852. The first-order chi connectivity index (χ1) is 14.6. The lowest BCUT2D eigenvalue weighted by atomic mass is 10.1. The maximum atomic E-state index is 12.6. The van der Waals surface area contributed by atoms with Gasteiger partial charge in [0.05, 0.1) is 6.54 Å². The van der Waals surface area contributed by atoms with Crippen molar-refractivity contribution in [2.75, 3.05) is 50.7 Å². The number of aryl methyl sites for hydroxylation is 1. The Morgan fingerprint density at radius 2 is 1.80 bits per heavy atom. The van der Waals surface area contributed by atoms with Crippen LogP contribution in [0, 0.1) is 6.92 Å². The molecule has 6 heteroatoms. The first-order valence-corrected chi connectivity index (χ1v) is 11.2. The lowest BCUT2D eigenvalue weighted by Gasteiger charge is -2.36. The molecule has 2 aromatic rings. The number of benzene rings is 2. The Labute approximate surface area is 184 Å². The largest absolute Gasteiger partial charge is 0.369 e. The first-order valence-electron chi connectivity index (χ1n) is 10.9. The predicted molar refractivity (Wildman–Crippen MR) is 123 cm³/mol. The molecule has 0 unspecified atom stereocenters. The van der Waals surface area contributed by atoms with Gasteiger partial charge >= 0.3 is 0 Å². The molecule has 0 saturated carbocycles. The van der Waals surface area contributed by atoms with Crippen molar-refractivity contribution in [1.29, 1.82) is 0 Å². The van der Waals surface area contributed by atoms with Crippen LogP contribution in [0.1, 0.15) is 17.5 Å². The minimum Gasteiger partial charge on any atom is -0.369 e. The fourth-order valence-corrected chi connectivity index (χ4v) is 4.65. The van der Waals surface area contributed by atoms with E-state index in [0.717, 1.165) is 57.3 Å². The third-order valence-corrected chi connectivity index (χ3v) is 6.37. The number of amides is 1. The summed E-state index contributed by atoms with van der Waals surface area (Å²) < 4.78 is 0. The number of nitrogens with zero attached hydrogens (tertiary/aromatic N) is 3. The van der Waals surface area contributed by atoms with Crippen LogP contribution in [0.5, 0.6) is 0 Å². The van der Waals surface area contributed by atoms with Crippen molar-refractivity contribution in [2.24, 2.45) is 0 Å². The molecule has 0 aromatic heterocycles. The maximum Gasteiger partial charge on any atom is 0.234 e. The number of rotatable bonds is 6. The zero-order valence-corrected chi connectivity index (χ0v) is 18.4. The fourth-order valence-electron chi connectivity index (χ4n) is 4.48. The van der Waals surface area contributed by atoms with Crippen LogP contribution in [-0.2, 0) is 11.3 Å². The van der Waals surface area contributed by atoms with Gasteiger partial charge in [-0.3, -0.25) is 14.6 Å². The Balaban J connectivity index is 1.20. The highest BCUT2D eigenvalue weighted by Gasteiger charge is 2.25. The van der Waals surface area contributed by atoms with Crippen molar-refractivity contribution in [3.63, 3.8) is 0 Å². The highest BCUT2D eigenvalue weighted by Crippen LogP contribution is 2.25. The molecule has 2 aliphatic rings. The van der Waals surface area contributed by atoms with E-state index in [1.54, 1.807) is 0 Å². The van der Waals surface area contributed by atoms with Crippen LogP contribution in [0.3, 0.4) is 0 Å². The first kappa shape index (κ1) is 21.2. The van der Waals surface area contributed by atoms with E-state index in [9.17, 15) is 4.79 Å². The molecule has 4 rings (SSSR count). The minimum absolute atomic E-state index is 0.147. The van der Waals surface area contributed by atoms with E-state index < -0.39 is 0 Å². The minimum atomic E-state index is 0.147. The summed E-state index contributed by atoms with van der Waals surface area (Å²) >= 11 is 6.18. The zero-order valence-electron chi connectivity index (χ0n) is 17.7. The number of piperazine rings is 1. The Hall–Kier alpha value is -2.08. The zero-order chi connectivity index (χ0) is 20.9. The number of hydrogen-bond acceptors (Lipinski definition) is 4. The number of nitrogens with one attached hydrogen (secondary N) is 1. The van der Waals surface area contributed by atoms with Crippen molar-refractivity contribution in [3.05, 3.63) is 64.7 Å². The molecule has 2 heterocycles. The number of carbonyl (C=O) groups is 1. The summed E-state index contributed by atoms with van der Waals surface area (Å²) in [5.74, 6) is 0.147. The molecular formula is C24H31ClN4O. The molecule has 0 radical (unpaired) electrons. The molecule has 0 bridgehead atoms. The molecule has 2 aromatic carbocycles. The third kappa shape index (κ3) is 5.54. The molecule has 1 N–H and O–H groups in total. The number of likely N-dealkylation sites (tertiary alicyclic amines) is 1. The monoisotopic (exact) mass is 426 g/mol. The van der Waals surface area contributed by atoms with Gasteiger partial charge in [-0.1, -0.05) is 48.0 Å². The molecule has 30 heavy (non-hydrogen) atoms. The van der Waals surface area contributed by atoms with Gasteiger partial charge in [-0.2, -0.15) is 0 Å². The predicted octanol–water partition coefficient (Wildman–Crippen LogP) is 3.16. The SMILES string of the molecule is Cc1ccc(Cl)cc1N1CCN(CC(=O)N[C@H]2CCN(Cc3ccccc3)C2)CC1. The van der Waals surface area contributed by atoms with Gasteiger partial charge in [0.2, 0.25) is 5.91 Å². The summed E-state index contributed by atoms with van der Waals surface area (Å²) in [6, 6.07) is 16.8. The van der Waals surface area contributed by atoms with Gasteiger partial charge in [-0.05, 0) is 36.6 Å². The second kappa shape index (κ2) is 9.82. The van der Waals surface area contributed by atoms with E-state index in [0.29, 0.717) is 6.54 Å². The summed E-state index contributed by atoms with van der Waals surface area (Å²) in [6.45, 7) is 9.16. The van der Waals surface area contributed by atoms with Crippen LogP contribution in [-0.4, -0.2) is 67.6 Å². The number of halogens is 1. The molecule has 0 spiro atoms. The molecule has 2 aliphatic heterocycles. The van der Waals surface area contributed by atoms with Crippen molar-refractivity contribution >= 4 is 23.2 Å². The summed E-state index contributed by atoms with van der Waals surface area (Å²) in [6.07, 6.45) is 1.03. The average Bonchev–Trinajstić information content (AvgIpc) is 3.17. The molecule has 160 valence electrons. The topological polar surface area (TPSA) is 38.8 Å². The molecule has 1 amide bonds. The lowest BCUT2D eigenvalue weighted by Crippen LogP contribution is -2.51. The maximum absolute atomic E-state index is 12.6. The highest BCUT2D eigenvalue weighted by molar-refractivity contribution is 6.30. The Morgan fingerprint density at radius 3 is 2.57 bits per heavy atom. The lowest BCUT2D eigenvalue weighted by molar-refractivity contribution is -0.122. The summed E-state index contributed by atoms with van der Waals surface area (Å²) in [7, 11) is 0. The van der Waals surface area contributed by atoms with Crippen molar-refractivity contribution < 1.29 is 4.79 Å². The van der Waals surface area contributed by atoms with E-state index in [4.69, 9.17) is 11.6 Å². The van der Waals surface area contributed by atoms with Gasteiger partial charge < -0.3 is 10.2 Å². The van der Waals surface area contributed by atoms with Crippen LogP contribution in [0.2, 0.25) is 5.02 Å². The van der Waals surface area contributed by atoms with Gasteiger partial charge in [-0.25, -0.2) is 0 Å². The van der Waals surface area contributed by atoms with Crippen molar-refractivity contribution in [1.82, 2.24) is 15.1 Å². The van der Waals surface area contributed by atoms with Crippen LogP contribution in [0.4, 0.5) is 5.69 Å². The molecule has 0 aliphatic carbocycles. The smallest absolute Gasteiger partial charge is 0.234 e. The Morgan fingerprint density at radius 1 is 1.03 bits per heavy atom. The fraction of sp³-hybridized carbons (Fsp3) is 0.458. The highest BCUT2D eigenvalue weighted by atomic mass is 35.5. The second-order valence-corrected chi connectivity index (χ2v) is 8.90. The third-order valence-electron chi connectivity index (χ3n) is 6.14. The number of anilines is 1. The molecule has 1 atom stereocenters.